The van der Waals surface area contributed by atoms with Crippen LogP contribution >= 0.6 is 0 Å². The Bertz CT molecular complexity index is 797. The third-order valence-corrected chi connectivity index (χ3v) is 5.69. The summed E-state index contributed by atoms with van der Waals surface area (Å²) in [5.74, 6) is -2.58. The fourth-order valence-corrected chi connectivity index (χ4v) is 4.12. The van der Waals surface area contributed by atoms with Gasteiger partial charge in [0.2, 0.25) is 0 Å². The lowest BCUT2D eigenvalue weighted by atomic mass is 9.84. The second-order valence-electron chi connectivity index (χ2n) is 6.20. The number of nitrogens with zero attached hydrogens (tertiary/aromatic N) is 1. The average molecular weight is 399 g/mol. The zero-order valence-electron chi connectivity index (χ0n) is 14.8. The van der Waals surface area contributed by atoms with Crippen molar-refractivity contribution in [2.24, 2.45) is 5.92 Å². The summed E-state index contributed by atoms with van der Waals surface area (Å²) in [6.45, 7) is 1.52. The van der Waals surface area contributed by atoms with Crippen molar-refractivity contribution in [1.82, 2.24) is 0 Å². The smallest absolute Gasteiger partial charge is 0.377 e. The van der Waals surface area contributed by atoms with Crippen molar-refractivity contribution in [3.8, 4) is 0 Å². The molecule has 0 amide bonds. The minimum atomic E-state index is -4.40. The maximum absolute atomic E-state index is 12.6. The molecule has 0 heterocycles. The lowest BCUT2D eigenvalue weighted by molar-refractivity contribution is -0.384. The van der Waals surface area contributed by atoms with Crippen LogP contribution in [0.2, 0.25) is 0 Å². The summed E-state index contributed by atoms with van der Waals surface area (Å²) in [5, 5.41) is 10.7. The number of esters is 1. The summed E-state index contributed by atoms with van der Waals surface area (Å²) < 4.78 is 35.0. The lowest BCUT2D eigenvalue weighted by Gasteiger charge is -2.28. The van der Waals surface area contributed by atoms with Gasteiger partial charge in [-0.1, -0.05) is 19.3 Å². The maximum Gasteiger partial charge on any atom is 0.377 e. The van der Waals surface area contributed by atoms with Gasteiger partial charge in [0, 0.05) is 12.1 Å². The van der Waals surface area contributed by atoms with Crippen LogP contribution in [0.25, 0.3) is 0 Å². The normalized spacial score (nSPS) is 16.5. The van der Waals surface area contributed by atoms with Crippen molar-refractivity contribution in [1.29, 1.82) is 0 Å². The number of hydrogen-bond acceptors (Lipinski definition) is 8. The molecule has 1 aromatic rings. The first-order chi connectivity index (χ1) is 12.8. The number of benzene rings is 1. The second kappa shape index (κ2) is 9.05. The van der Waals surface area contributed by atoms with E-state index in [9.17, 15) is 28.1 Å². The predicted octanol–water partition coefficient (Wildman–Crippen LogP) is 2.38. The van der Waals surface area contributed by atoms with Gasteiger partial charge in [0.1, 0.15) is 6.10 Å². The maximum atomic E-state index is 12.6. The summed E-state index contributed by atoms with van der Waals surface area (Å²) >= 11 is 0. The van der Waals surface area contributed by atoms with E-state index in [1.54, 1.807) is 0 Å². The summed E-state index contributed by atoms with van der Waals surface area (Å²) in [7, 11) is -4.40. The quantitative estimate of drug-likeness (QED) is 0.214. The van der Waals surface area contributed by atoms with Gasteiger partial charge in [-0.3, -0.25) is 19.1 Å². The van der Waals surface area contributed by atoms with E-state index in [1.807, 2.05) is 0 Å². The highest BCUT2D eigenvalue weighted by molar-refractivity contribution is 7.86. The fourth-order valence-electron chi connectivity index (χ4n) is 3.02. The standard InChI is InChI=1S/C17H21NO8S/c1-2-25-17(20)15(19)16(12-6-4-3-5-7-12)26-27(23,24)14-10-8-13(9-11-14)18(21)22/h8-12,16H,2-7H2,1H3. The summed E-state index contributed by atoms with van der Waals surface area (Å²) in [6, 6.07) is 4.11. The van der Waals surface area contributed by atoms with Crippen molar-refractivity contribution >= 4 is 27.6 Å². The zero-order chi connectivity index (χ0) is 20.0. The number of hydrogen-bond donors (Lipinski definition) is 0. The van der Waals surface area contributed by atoms with Crippen molar-refractivity contribution in [2.45, 2.75) is 50.0 Å². The van der Waals surface area contributed by atoms with E-state index in [4.69, 9.17) is 8.92 Å². The Morgan fingerprint density at radius 3 is 2.30 bits per heavy atom. The van der Waals surface area contributed by atoms with E-state index in [2.05, 4.69) is 0 Å². The van der Waals surface area contributed by atoms with E-state index in [0.29, 0.717) is 12.8 Å². The first kappa shape index (κ1) is 21.0. The number of nitro benzene ring substituents is 1. The van der Waals surface area contributed by atoms with Gasteiger partial charge in [-0.05, 0) is 37.8 Å². The van der Waals surface area contributed by atoms with E-state index in [1.165, 1.54) is 6.92 Å². The molecular weight excluding hydrogens is 378 g/mol. The Morgan fingerprint density at radius 1 is 1.19 bits per heavy atom. The predicted molar refractivity (Wildman–Crippen MR) is 93.4 cm³/mol. The number of rotatable bonds is 8. The molecule has 1 aliphatic rings. The SMILES string of the molecule is CCOC(=O)C(=O)C(OS(=O)(=O)c1ccc([N+](=O)[O-])cc1)C1CCCCC1. The summed E-state index contributed by atoms with van der Waals surface area (Å²) in [4.78, 5) is 34.0. The molecule has 1 saturated carbocycles. The molecule has 9 nitrogen and oxygen atoms in total. The molecule has 0 spiro atoms. The van der Waals surface area contributed by atoms with Crippen LogP contribution in [0, 0.1) is 16.0 Å². The van der Waals surface area contributed by atoms with Crippen LogP contribution in [0.3, 0.4) is 0 Å². The molecule has 1 aromatic carbocycles. The summed E-state index contributed by atoms with van der Waals surface area (Å²) in [6.07, 6.45) is 2.23. The number of ether oxygens (including phenoxy) is 1. The van der Waals surface area contributed by atoms with Gasteiger partial charge in [-0.25, -0.2) is 4.79 Å². The van der Waals surface area contributed by atoms with Gasteiger partial charge in [0.05, 0.1) is 16.4 Å². The summed E-state index contributed by atoms with van der Waals surface area (Å²) in [5.41, 5.74) is -0.277. The van der Waals surface area contributed by atoms with Crippen LogP contribution < -0.4 is 0 Å². The van der Waals surface area contributed by atoms with E-state index in [-0.39, 0.29) is 17.2 Å². The molecule has 1 fully saturated rings. The van der Waals surface area contributed by atoms with Gasteiger partial charge in [-0.15, -0.1) is 0 Å². The molecule has 0 N–H and O–H groups in total. The van der Waals surface area contributed by atoms with Crippen LogP contribution in [0.15, 0.2) is 29.2 Å². The van der Waals surface area contributed by atoms with Gasteiger partial charge < -0.3 is 4.74 Å². The number of ketones is 1. The number of non-ortho nitro benzene ring substituents is 1. The highest BCUT2D eigenvalue weighted by atomic mass is 32.2. The largest absolute Gasteiger partial charge is 0.460 e. The first-order valence-electron chi connectivity index (χ1n) is 8.65. The minimum Gasteiger partial charge on any atom is -0.460 e. The average Bonchev–Trinajstić information content (AvgIpc) is 2.66. The van der Waals surface area contributed by atoms with Gasteiger partial charge in [0.15, 0.2) is 0 Å². The Balaban J connectivity index is 2.27. The molecule has 1 atom stereocenters. The molecule has 1 aliphatic carbocycles. The van der Waals surface area contributed by atoms with Gasteiger partial charge in [-0.2, -0.15) is 8.42 Å². The Morgan fingerprint density at radius 2 is 1.78 bits per heavy atom. The highest BCUT2D eigenvalue weighted by Crippen LogP contribution is 2.31. The topological polar surface area (TPSA) is 130 Å². The Kier molecular flexibility index (Phi) is 7.03. The zero-order valence-corrected chi connectivity index (χ0v) is 15.6. The van der Waals surface area contributed by atoms with Gasteiger partial charge >= 0.3 is 5.97 Å². The molecule has 0 radical (unpaired) electrons. The second-order valence-corrected chi connectivity index (χ2v) is 7.78. The third kappa shape index (κ3) is 5.33. The minimum absolute atomic E-state index is 0.0168. The molecule has 27 heavy (non-hydrogen) atoms. The van der Waals surface area contributed by atoms with Crippen LogP contribution in [0.1, 0.15) is 39.0 Å². The van der Waals surface area contributed by atoms with Crippen molar-refractivity contribution < 1.29 is 31.9 Å². The van der Waals surface area contributed by atoms with Crippen LogP contribution in [0.5, 0.6) is 0 Å². The fraction of sp³-hybridized carbons (Fsp3) is 0.529. The monoisotopic (exact) mass is 399 g/mol. The van der Waals surface area contributed by atoms with Crippen molar-refractivity contribution in [3.05, 3.63) is 34.4 Å². The van der Waals surface area contributed by atoms with Crippen LogP contribution in [-0.2, 0) is 28.6 Å². The highest BCUT2D eigenvalue weighted by Gasteiger charge is 2.39. The molecular formula is C17H21NO8S. The number of Topliss-reactive ketones (excluding diaryl/α,β-unsaturated/α-hetero) is 1. The van der Waals surface area contributed by atoms with Gasteiger partial charge in [0.25, 0.3) is 21.6 Å². The molecule has 0 aliphatic heterocycles. The van der Waals surface area contributed by atoms with Crippen LogP contribution in [0.4, 0.5) is 5.69 Å². The molecule has 0 saturated heterocycles. The number of nitro groups is 1. The molecule has 10 heteroatoms. The van der Waals surface area contributed by atoms with E-state index in [0.717, 1.165) is 43.5 Å². The van der Waals surface area contributed by atoms with E-state index >= 15 is 0 Å². The number of carbonyl (C=O) groups is 2. The molecule has 0 bridgehead atoms. The third-order valence-electron chi connectivity index (χ3n) is 4.38. The Labute approximate surface area is 156 Å². The lowest BCUT2D eigenvalue weighted by Crippen LogP contribution is -2.40. The number of carbonyl (C=O) groups excluding carboxylic acids is 2. The molecule has 1 unspecified atom stereocenters. The Hall–Kier alpha value is -2.33. The van der Waals surface area contributed by atoms with E-state index < -0.39 is 38.8 Å². The van der Waals surface area contributed by atoms with Crippen molar-refractivity contribution in [3.63, 3.8) is 0 Å². The molecule has 148 valence electrons. The molecule has 2 rings (SSSR count). The molecule has 0 aromatic heterocycles. The van der Waals surface area contributed by atoms with Crippen LogP contribution in [-0.4, -0.2) is 37.8 Å². The first-order valence-corrected chi connectivity index (χ1v) is 10.1. The van der Waals surface area contributed by atoms with Crippen molar-refractivity contribution in [2.75, 3.05) is 6.61 Å².